The van der Waals surface area contributed by atoms with Crippen LogP contribution in [0.1, 0.15) is 39.2 Å². The number of sulfonamides is 1. The minimum absolute atomic E-state index is 0.0499. The van der Waals surface area contributed by atoms with E-state index in [1.807, 2.05) is 44.2 Å². The summed E-state index contributed by atoms with van der Waals surface area (Å²) in [5.74, 6) is -0.535. The highest BCUT2D eigenvalue weighted by atomic mass is 32.2. The third kappa shape index (κ3) is 5.16. The lowest BCUT2D eigenvalue weighted by molar-refractivity contribution is 0.202. The van der Waals surface area contributed by atoms with E-state index in [4.69, 9.17) is 5.73 Å². The number of carbonyl (C=O) groups excluding carboxylic acids is 1. The summed E-state index contributed by atoms with van der Waals surface area (Å²) < 4.78 is 29.1. The van der Waals surface area contributed by atoms with Crippen molar-refractivity contribution in [3.63, 3.8) is 0 Å². The van der Waals surface area contributed by atoms with Crippen molar-refractivity contribution in [1.29, 1.82) is 0 Å². The van der Waals surface area contributed by atoms with Crippen LogP contribution in [0.25, 0.3) is 11.2 Å². The van der Waals surface area contributed by atoms with Crippen LogP contribution in [0.5, 0.6) is 0 Å². The van der Waals surface area contributed by atoms with Gasteiger partial charge in [0, 0.05) is 13.1 Å². The minimum atomic E-state index is -3.69. The number of aromatic nitrogens is 4. The Morgan fingerprint density at radius 3 is 2.42 bits per heavy atom. The Hall–Kier alpha value is -3.41. The summed E-state index contributed by atoms with van der Waals surface area (Å²) in [6, 6.07) is 8.65. The Bertz CT molecular complexity index is 1300. The molecule has 0 aliphatic carbocycles. The van der Waals surface area contributed by atoms with Crippen LogP contribution in [0.15, 0.2) is 35.1 Å². The Morgan fingerprint density at radius 2 is 1.82 bits per heavy atom. The molecule has 0 radical (unpaired) electrons. The van der Waals surface area contributed by atoms with Crippen molar-refractivity contribution in [2.75, 3.05) is 29.3 Å². The molecule has 1 amide bonds. The number of benzene rings is 1. The molecule has 0 saturated heterocycles. The number of anilines is 2. The summed E-state index contributed by atoms with van der Waals surface area (Å²) >= 11 is 0. The van der Waals surface area contributed by atoms with Crippen molar-refractivity contribution < 1.29 is 13.2 Å². The minimum Gasteiger partial charge on any atom is -0.382 e. The fourth-order valence-electron chi connectivity index (χ4n) is 3.56. The number of nitrogen functional groups attached to an aromatic ring is 1. The number of hydrogen-bond acceptors (Lipinski definition) is 7. The van der Waals surface area contributed by atoms with Crippen LogP contribution >= 0.6 is 0 Å². The van der Waals surface area contributed by atoms with Gasteiger partial charge in [0.2, 0.25) is 16.0 Å². The number of hydrogen-bond donors (Lipinski definition) is 2. The van der Waals surface area contributed by atoms with Crippen molar-refractivity contribution in [3.05, 3.63) is 46.4 Å². The van der Waals surface area contributed by atoms with Crippen molar-refractivity contribution >= 4 is 39.0 Å². The molecule has 2 heterocycles. The molecule has 0 spiro atoms. The van der Waals surface area contributed by atoms with Crippen LogP contribution in [0.3, 0.4) is 0 Å². The summed E-state index contributed by atoms with van der Waals surface area (Å²) in [6.45, 7) is 6.47. The zero-order chi connectivity index (χ0) is 24.2. The molecular weight excluding hydrogens is 446 g/mol. The molecule has 0 fully saturated rings. The number of imidazole rings is 1. The zero-order valence-electron chi connectivity index (χ0n) is 19.0. The van der Waals surface area contributed by atoms with Crippen LogP contribution < -0.4 is 16.1 Å². The Balaban J connectivity index is 2.24. The second kappa shape index (κ2) is 10.0. The Morgan fingerprint density at radius 1 is 1.12 bits per heavy atom. The van der Waals surface area contributed by atoms with Gasteiger partial charge in [-0.2, -0.15) is 9.97 Å². The van der Waals surface area contributed by atoms with Crippen molar-refractivity contribution in [2.24, 2.45) is 0 Å². The molecule has 0 bridgehead atoms. The molecule has 2 aromatic heterocycles. The van der Waals surface area contributed by atoms with Gasteiger partial charge in [0.05, 0.1) is 12.3 Å². The first kappa shape index (κ1) is 24.2. The number of fused-ring (bicyclic) bond motifs is 1. The van der Waals surface area contributed by atoms with E-state index in [-0.39, 0.29) is 35.2 Å². The summed E-state index contributed by atoms with van der Waals surface area (Å²) in [4.78, 5) is 36.6. The van der Waals surface area contributed by atoms with Gasteiger partial charge in [0.15, 0.2) is 11.5 Å². The van der Waals surface area contributed by atoms with Gasteiger partial charge >= 0.3 is 11.7 Å². The summed E-state index contributed by atoms with van der Waals surface area (Å²) in [5, 5.41) is 0. The van der Waals surface area contributed by atoms with Gasteiger partial charge in [-0.1, -0.05) is 44.2 Å². The number of nitrogens with one attached hydrogen (secondary N) is 1. The number of rotatable bonds is 9. The molecule has 3 N–H and O–H groups in total. The van der Waals surface area contributed by atoms with E-state index >= 15 is 0 Å². The topological polar surface area (TPSA) is 145 Å². The largest absolute Gasteiger partial charge is 0.382 e. The molecule has 0 aliphatic rings. The zero-order valence-corrected chi connectivity index (χ0v) is 19.8. The second-order valence-electron chi connectivity index (χ2n) is 7.58. The highest BCUT2D eigenvalue weighted by molar-refractivity contribution is 7.92. The molecule has 0 aliphatic heterocycles. The highest BCUT2D eigenvalue weighted by Crippen LogP contribution is 2.21. The van der Waals surface area contributed by atoms with Crippen LogP contribution in [0.4, 0.5) is 16.6 Å². The number of nitrogens with two attached hydrogens (primary N) is 1. The maximum atomic E-state index is 13.4. The van der Waals surface area contributed by atoms with Crippen LogP contribution in [0, 0.1) is 0 Å². The van der Waals surface area contributed by atoms with Gasteiger partial charge in [-0.05, 0) is 25.3 Å². The standard InChI is InChI=1S/C21H29N7O4S/c1-4-12-26(6-3)20(29)28-16-17(22)23-19(25-33(31,32)13-5-2)24-18(16)27(21(28)30)14-15-10-8-7-9-11-15/h7-11H,4-6,12-14H2,1-3H3,(H3,22,23,24,25). The molecule has 0 atom stereocenters. The van der Waals surface area contributed by atoms with Crippen molar-refractivity contribution in [2.45, 2.75) is 40.2 Å². The van der Waals surface area contributed by atoms with Crippen molar-refractivity contribution in [1.82, 2.24) is 24.0 Å². The summed E-state index contributed by atoms with van der Waals surface area (Å²) in [7, 11) is -3.69. The Labute approximate surface area is 192 Å². The van der Waals surface area contributed by atoms with E-state index in [0.717, 1.165) is 10.1 Å². The lowest BCUT2D eigenvalue weighted by atomic mass is 10.2. The van der Waals surface area contributed by atoms with Gasteiger partial charge in [-0.15, -0.1) is 0 Å². The number of amides is 1. The predicted octanol–water partition coefficient (Wildman–Crippen LogP) is 2.08. The third-order valence-corrected chi connectivity index (χ3v) is 6.47. The first-order valence-corrected chi connectivity index (χ1v) is 12.5. The molecule has 178 valence electrons. The molecule has 11 nitrogen and oxygen atoms in total. The van der Waals surface area contributed by atoms with E-state index in [2.05, 4.69) is 14.7 Å². The van der Waals surface area contributed by atoms with Gasteiger partial charge in [-0.3, -0.25) is 9.29 Å². The molecule has 0 saturated carbocycles. The molecule has 12 heteroatoms. The molecule has 33 heavy (non-hydrogen) atoms. The molecule has 0 unspecified atom stereocenters. The van der Waals surface area contributed by atoms with Crippen LogP contribution in [-0.4, -0.2) is 57.3 Å². The molecule has 3 aromatic rings. The average Bonchev–Trinajstić information content (AvgIpc) is 3.04. The first-order chi connectivity index (χ1) is 15.7. The van der Waals surface area contributed by atoms with Crippen LogP contribution in [-0.2, 0) is 16.6 Å². The quantitative estimate of drug-likeness (QED) is 0.482. The highest BCUT2D eigenvalue weighted by Gasteiger charge is 2.26. The summed E-state index contributed by atoms with van der Waals surface area (Å²) in [6.07, 6.45) is 1.12. The number of nitrogens with zero attached hydrogens (tertiary/aromatic N) is 5. The average molecular weight is 476 g/mol. The van der Waals surface area contributed by atoms with Crippen LogP contribution in [0.2, 0.25) is 0 Å². The molecule has 1 aromatic carbocycles. The first-order valence-electron chi connectivity index (χ1n) is 10.8. The van der Waals surface area contributed by atoms with Gasteiger partial charge in [0.25, 0.3) is 0 Å². The SMILES string of the molecule is CCCN(CC)C(=O)n1c(=O)n(Cc2ccccc2)c2nc(NS(=O)(=O)CCC)nc(N)c21. The van der Waals surface area contributed by atoms with Gasteiger partial charge < -0.3 is 10.6 Å². The number of carbonyl (C=O) groups is 1. The lowest BCUT2D eigenvalue weighted by Crippen LogP contribution is -2.40. The normalized spacial score (nSPS) is 11.6. The smallest absolute Gasteiger partial charge is 0.339 e. The molecule has 3 rings (SSSR count). The maximum absolute atomic E-state index is 13.4. The van der Waals surface area contributed by atoms with E-state index in [9.17, 15) is 18.0 Å². The van der Waals surface area contributed by atoms with Crippen molar-refractivity contribution in [3.8, 4) is 0 Å². The van der Waals surface area contributed by atoms with E-state index in [0.29, 0.717) is 25.9 Å². The predicted molar refractivity (Wildman–Crippen MR) is 128 cm³/mol. The maximum Gasteiger partial charge on any atom is 0.339 e. The monoisotopic (exact) mass is 475 g/mol. The van der Waals surface area contributed by atoms with E-state index < -0.39 is 21.7 Å². The fourth-order valence-corrected chi connectivity index (χ4v) is 4.57. The van der Waals surface area contributed by atoms with E-state index in [1.165, 1.54) is 9.47 Å². The second-order valence-corrected chi connectivity index (χ2v) is 9.42. The molecular formula is C21H29N7O4S. The van der Waals surface area contributed by atoms with E-state index in [1.54, 1.807) is 6.92 Å². The summed E-state index contributed by atoms with van der Waals surface area (Å²) in [5.41, 5.74) is 6.46. The van der Waals surface area contributed by atoms with Gasteiger partial charge in [0.1, 0.15) is 5.52 Å². The lowest BCUT2D eigenvalue weighted by Gasteiger charge is -2.20. The Kier molecular flexibility index (Phi) is 7.36. The fraction of sp³-hybridized carbons (Fsp3) is 0.429. The van der Waals surface area contributed by atoms with Gasteiger partial charge in [-0.25, -0.2) is 22.6 Å². The third-order valence-electron chi connectivity index (χ3n) is 5.03.